The fourth-order valence-electron chi connectivity index (χ4n) is 1.82. The fourth-order valence-corrected chi connectivity index (χ4v) is 2.14. The van der Waals surface area contributed by atoms with Crippen LogP contribution < -0.4 is 11.1 Å². The standard InChI is InChI=1S/C11H15BrN2O/c12-11-6-5-10(15-11)9(7-13)14-8-3-1-2-4-8/h1-2,5-6,8-9,14H,3-4,7,13H2. The van der Waals surface area contributed by atoms with Crippen LogP contribution >= 0.6 is 15.9 Å². The van der Waals surface area contributed by atoms with Gasteiger partial charge in [0.1, 0.15) is 5.76 Å². The molecule has 1 aromatic rings. The maximum Gasteiger partial charge on any atom is 0.169 e. The summed E-state index contributed by atoms with van der Waals surface area (Å²) in [5.74, 6) is 0.899. The number of halogens is 1. The number of hydrogen-bond acceptors (Lipinski definition) is 3. The van der Waals surface area contributed by atoms with E-state index in [4.69, 9.17) is 10.2 Å². The van der Waals surface area contributed by atoms with E-state index in [0.29, 0.717) is 12.6 Å². The lowest BCUT2D eigenvalue weighted by Crippen LogP contribution is -2.35. The van der Waals surface area contributed by atoms with E-state index in [-0.39, 0.29) is 6.04 Å². The highest BCUT2D eigenvalue weighted by Gasteiger charge is 2.18. The van der Waals surface area contributed by atoms with Crippen LogP contribution in [0.2, 0.25) is 0 Å². The van der Waals surface area contributed by atoms with E-state index in [0.717, 1.165) is 23.3 Å². The Morgan fingerprint density at radius 3 is 2.73 bits per heavy atom. The van der Waals surface area contributed by atoms with Crippen molar-refractivity contribution in [3.8, 4) is 0 Å². The molecule has 1 aliphatic carbocycles. The van der Waals surface area contributed by atoms with Crippen molar-refractivity contribution < 1.29 is 4.42 Å². The Morgan fingerprint density at radius 1 is 1.47 bits per heavy atom. The van der Waals surface area contributed by atoms with Crippen LogP contribution in [-0.2, 0) is 0 Å². The van der Waals surface area contributed by atoms with Gasteiger partial charge in [0.25, 0.3) is 0 Å². The maximum absolute atomic E-state index is 5.73. The summed E-state index contributed by atoms with van der Waals surface area (Å²) in [5, 5.41) is 3.49. The highest BCUT2D eigenvalue weighted by molar-refractivity contribution is 9.10. The first-order chi connectivity index (χ1) is 7.29. The largest absolute Gasteiger partial charge is 0.453 e. The van der Waals surface area contributed by atoms with Gasteiger partial charge in [-0.2, -0.15) is 0 Å². The summed E-state index contributed by atoms with van der Waals surface area (Å²) in [6.07, 6.45) is 6.56. The summed E-state index contributed by atoms with van der Waals surface area (Å²) < 4.78 is 6.25. The predicted octanol–water partition coefficient (Wildman–Crippen LogP) is 2.35. The Kier molecular flexibility index (Phi) is 3.61. The first-order valence-electron chi connectivity index (χ1n) is 5.16. The molecule has 1 aromatic heterocycles. The normalized spacial score (nSPS) is 18.5. The summed E-state index contributed by atoms with van der Waals surface area (Å²) in [6.45, 7) is 0.552. The molecule has 1 aliphatic rings. The summed E-state index contributed by atoms with van der Waals surface area (Å²) in [4.78, 5) is 0. The van der Waals surface area contributed by atoms with Gasteiger partial charge in [0.05, 0.1) is 6.04 Å². The molecule has 0 amide bonds. The Bertz CT molecular complexity index is 340. The Hall–Kier alpha value is -0.580. The molecule has 0 spiro atoms. The minimum absolute atomic E-state index is 0.112. The zero-order valence-corrected chi connectivity index (χ0v) is 10.0. The predicted molar refractivity (Wildman–Crippen MR) is 63.5 cm³/mol. The quantitative estimate of drug-likeness (QED) is 0.826. The van der Waals surface area contributed by atoms with Crippen LogP contribution in [0.15, 0.2) is 33.4 Å². The van der Waals surface area contributed by atoms with Crippen LogP contribution in [0.5, 0.6) is 0 Å². The molecule has 0 aromatic carbocycles. The number of furan rings is 1. The summed E-state index contributed by atoms with van der Waals surface area (Å²) in [6, 6.07) is 4.47. The van der Waals surface area contributed by atoms with E-state index in [1.807, 2.05) is 12.1 Å². The van der Waals surface area contributed by atoms with Crippen LogP contribution in [0.25, 0.3) is 0 Å². The second-order valence-electron chi connectivity index (χ2n) is 3.74. The zero-order chi connectivity index (χ0) is 10.7. The van der Waals surface area contributed by atoms with E-state index in [9.17, 15) is 0 Å². The topological polar surface area (TPSA) is 51.2 Å². The van der Waals surface area contributed by atoms with Crippen molar-refractivity contribution in [1.82, 2.24) is 5.32 Å². The fraction of sp³-hybridized carbons (Fsp3) is 0.455. The van der Waals surface area contributed by atoms with Gasteiger partial charge in [0, 0.05) is 12.6 Å². The van der Waals surface area contributed by atoms with Crippen molar-refractivity contribution in [2.45, 2.75) is 24.9 Å². The van der Waals surface area contributed by atoms with Gasteiger partial charge in [-0.1, -0.05) is 12.2 Å². The van der Waals surface area contributed by atoms with E-state index in [1.54, 1.807) is 0 Å². The average Bonchev–Trinajstić information content (AvgIpc) is 2.85. The van der Waals surface area contributed by atoms with Gasteiger partial charge in [0.15, 0.2) is 4.67 Å². The van der Waals surface area contributed by atoms with Gasteiger partial charge < -0.3 is 15.5 Å². The molecule has 3 nitrogen and oxygen atoms in total. The lowest BCUT2D eigenvalue weighted by molar-refractivity contribution is 0.374. The van der Waals surface area contributed by atoms with Crippen molar-refractivity contribution in [1.29, 1.82) is 0 Å². The van der Waals surface area contributed by atoms with Crippen LogP contribution in [0, 0.1) is 0 Å². The zero-order valence-electron chi connectivity index (χ0n) is 8.45. The highest BCUT2D eigenvalue weighted by Crippen LogP contribution is 2.22. The molecular weight excluding hydrogens is 256 g/mol. The molecule has 0 aliphatic heterocycles. The number of hydrogen-bond donors (Lipinski definition) is 2. The first-order valence-corrected chi connectivity index (χ1v) is 5.95. The Morgan fingerprint density at radius 2 is 2.20 bits per heavy atom. The molecule has 0 saturated heterocycles. The van der Waals surface area contributed by atoms with E-state index in [2.05, 4.69) is 33.4 Å². The number of nitrogens with one attached hydrogen (secondary N) is 1. The average molecular weight is 271 g/mol. The molecule has 0 radical (unpaired) electrons. The van der Waals surface area contributed by atoms with Gasteiger partial charge >= 0.3 is 0 Å². The second-order valence-corrected chi connectivity index (χ2v) is 4.52. The van der Waals surface area contributed by atoms with Crippen molar-refractivity contribution in [3.63, 3.8) is 0 Å². The third kappa shape index (κ3) is 2.71. The molecule has 0 bridgehead atoms. The van der Waals surface area contributed by atoms with Gasteiger partial charge in [-0.05, 0) is 40.9 Å². The molecule has 82 valence electrons. The molecule has 0 saturated carbocycles. The smallest absolute Gasteiger partial charge is 0.169 e. The van der Waals surface area contributed by atoms with Crippen molar-refractivity contribution in [2.75, 3.05) is 6.54 Å². The molecule has 3 N–H and O–H groups in total. The third-order valence-electron chi connectivity index (χ3n) is 2.62. The van der Waals surface area contributed by atoms with Crippen LogP contribution in [0.1, 0.15) is 24.6 Å². The van der Waals surface area contributed by atoms with Gasteiger partial charge in [0.2, 0.25) is 0 Å². The second kappa shape index (κ2) is 4.96. The van der Waals surface area contributed by atoms with E-state index in [1.165, 1.54) is 0 Å². The molecule has 0 fully saturated rings. The molecule has 1 unspecified atom stereocenters. The highest BCUT2D eigenvalue weighted by atomic mass is 79.9. The molecule has 1 atom stereocenters. The minimum Gasteiger partial charge on any atom is -0.453 e. The summed E-state index contributed by atoms with van der Waals surface area (Å²) in [7, 11) is 0. The minimum atomic E-state index is 0.112. The van der Waals surface area contributed by atoms with E-state index >= 15 is 0 Å². The third-order valence-corrected chi connectivity index (χ3v) is 3.04. The monoisotopic (exact) mass is 270 g/mol. The van der Waals surface area contributed by atoms with Crippen molar-refractivity contribution in [2.24, 2.45) is 5.73 Å². The Balaban J connectivity index is 1.97. The first kappa shape index (κ1) is 10.9. The van der Waals surface area contributed by atoms with Gasteiger partial charge in [-0.25, -0.2) is 0 Å². The molecule has 2 rings (SSSR count). The van der Waals surface area contributed by atoms with Gasteiger partial charge in [-0.3, -0.25) is 0 Å². The maximum atomic E-state index is 5.73. The van der Waals surface area contributed by atoms with Crippen molar-refractivity contribution in [3.05, 3.63) is 34.7 Å². The summed E-state index contributed by atoms with van der Waals surface area (Å²) >= 11 is 3.29. The van der Waals surface area contributed by atoms with Gasteiger partial charge in [-0.15, -0.1) is 0 Å². The van der Waals surface area contributed by atoms with Crippen LogP contribution in [-0.4, -0.2) is 12.6 Å². The van der Waals surface area contributed by atoms with Crippen molar-refractivity contribution >= 4 is 15.9 Å². The molecule has 1 heterocycles. The summed E-state index contributed by atoms with van der Waals surface area (Å²) in [5.41, 5.74) is 5.73. The number of nitrogens with two attached hydrogens (primary N) is 1. The lowest BCUT2D eigenvalue weighted by atomic mass is 10.1. The number of rotatable bonds is 4. The molecule has 15 heavy (non-hydrogen) atoms. The molecule has 4 heteroatoms. The lowest BCUT2D eigenvalue weighted by Gasteiger charge is -2.19. The van der Waals surface area contributed by atoms with Crippen LogP contribution in [0.3, 0.4) is 0 Å². The van der Waals surface area contributed by atoms with E-state index < -0.39 is 0 Å². The molecular formula is C11H15BrN2O. The van der Waals surface area contributed by atoms with Crippen LogP contribution in [0.4, 0.5) is 0 Å². The Labute approximate surface area is 97.8 Å². The SMILES string of the molecule is NCC(NC1CC=CC1)c1ccc(Br)o1.